The van der Waals surface area contributed by atoms with Gasteiger partial charge in [-0.2, -0.15) is 0 Å². The van der Waals surface area contributed by atoms with Crippen molar-refractivity contribution in [3.05, 3.63) is 0 Å². The number of carbonyl (C=O) groups is 2. The molecule has 0 aliphatic carbocycles. The lowest BCUT2D eigenvalue weighted by molar-refractivity contribution is -0.124. The van der Waals surface area contributed by atoms with Crippen LogP contribution in [0, 0.1) is 0 Å². The van der Waals surface area contributed by atoms with Crippen LogP contribution in [0.3, 0.4) is 0 Å². The van der Waals surface area contributed by atoms with Gasteiger partial charge in [-0.05, 0) is 40.5 Å². The number of ketones is 1. The van der Waals surface area contributed by atoms with E-state index in [4.69, 9.17) is 0 Å². The minimum Gasteiger partial charge on any atom is -0.356 e. The van der Waals surface area contributed by atoms with Crippen LogP contribution in [0.2, 0.25) is 0 Å². The minimum atomic E-state index is -0.0150. The number of hydrogen-bond acceptors (Lipinski definition) is 3. The highest BCUT2D eigenvalue weighted by Crippen LogP contribution is 2.25. The van der Waals surface area contributed by atoms with Crippen molar-refractivity contribution in [3.63, 3.8) is 0 Å². The molecule has 0 aromatic rings. The summed E-state index contributed by atoms with van der Waals surface area (Å²) < 4.78 is 0. The number of nitrogens with one attached hydrogen (secondary N) is 2. The van der Waals surface area contributed by atoms with Crippen molar-refractivity contribution in [2.24, 2.45) is 0 Å². The summed E-state index contributed by atoms with van der Waals surface area (Å²) in [4.78, 5) is 21.6. The summed E-state index contributed by atoms with van der Waals surface area (Å²) >= 11 is 0. The zero-order valence-electron chi connectivity index (χ0n) is 12.1. The molecule has 0 atom stereocenters. The molecule has 2 N–H and O–H groups in total. The number of carbonyl (C=O) groups excluding carboxylic acids is 2. The monoisotopic (exact) mass is 254 g/mol. The number of rotatable bonds is 0. The van der Waals surface area contributed by atoms with Gasteiger partial charge in [-0.25, -0.2) is 0 Å². The Morgan fingerprint density at radius 2 is 1.50 bits per heavy atom. The average Bonchev–Trinajstić information content (AvgIpc) is 2.13. The third-order valence-corrected chi connectivity index (χ3v) is 3.11. The molecule has 1 amide bonds. The zero-order chi connectivity index (χ0) is 13.8. The fraction of sp³-hybridized carbons (Fsp3) is 0.857. The molecule has 0 aromatic heterocycles. The zero-order valence-corrected chi connectivity index (χ0v) is 12.1. The highest BCUT2D eigenvalue weighted by molar-refractivity contribution is 5.81. The number of piperidine rings is 2. The van der Waals surface area contributed by atoms with E-state index in [0.717, 1.165) is 25.8 Å². The molecule has 4 nitrogen and oxygen atoms in total. The Bertz CT molecular complexity index is 296. The van der Waals surface area contributed by atoms with Gasteiger partial charge in [0, 0.05) is 36.9 Å². The Hall–Kier alpha value is -0.900. The second-order valence-corrected chi connectivity index (χ2v) is 6.59. The van der Waals surface area contributed by atoms with Gasteiger partial charge in [0.25, 0.3) is 0 Å². The molecule has 0 aromatic carbocycles. The highest BCUT2D eigenvalue weighted by Gasteiger charge is 2.36. The van der Waals surface area contributed by atoms with Gasteiger partial charge in [0.05, 0.1) is 0 Å². The first-order valence-electron chi connectivity index (χ1n) is 6.78. The normalized spacial score (nSPS) is 25.8. The second-order valence-electron chi connectivity index (χ2n) is 6.59. The maximum atomic E-state index is 11.3. The predicted octanol–water partition coefficient (Wildman–Crippen LogP) is 1.78. The summed E-state index contributed by atoms with van der Waals surface area (Å²) in [7, 11) is 0. The highest BCUT2D eigenvalue weighted by atomic mass is 16.1. The Morgan fingerprint density at radius 3 is 1.78 bits per heavy atom. The van der Waals surface area contributed by atoms with Gasteiger partial charge in [0.2, 0.25) is 5.91 Å². The van der Waals surface area contributed by atoms with Crippen LogP contribution in [-0.4, -0.2) is 29.3 Å². The molecule has 2 saturated heterocycles. The molecule has 2 fully saturated rings. The molecule has 0 spiro atoms. The fourth-order valence-electron chi connectivity index (χ4n) is 2.78. The molecule has 0 saturated carbocycles. The van der Waals surface area contributed by atoms with Crippen LogP contribution in [-0.2, 0) is 9.59 Å². The van der Waals surface area contributed by atoms with Crippen molar-refractivity contribution >= 4 is 11.7 Å². The molecule has 104 valence electrons. The van der Waals surface area contributed by atoms with E-state index in [2.05, 4.69) is 38.3 Å². The third kappa shape index (κ3) is 5.63. The summed E-state index contributed by atoms with van der Waals surface area (Å²) in [5.74, 6) is 0.588. The standard InChI is InChI=1S/C9H17NO.C5H9NO/c1-8(2)5-7(11)6-9(3,4)10-8;7-5-3-1-2-4-6-5/h10H,5-6H2,1-4H3;1-4H2,(H,6,7). The van der Waals surface area contributed by atoms with Gasteiger partial charge in [-0.3, -0.25) is 9.59 Å². The average molecular weight is 254 g/mol. The largest absolute Gasteiger partial charge is 0.356 e. The van der Waals surface area contributed by atoms with Crippen molar-refractivity contribution in [2.75, 3.05) is 6.54 Å². The first kappa shape index (κ1) is 15.2. The molecule has 2 heterocycles. The fourth-order valence-corrected chi connectivity index (χ4v) is 2.78. The van der Waals surface area contributed by atoms with Gasteiger partial charge in [0.1, 0.15) is 5.78 Å². The van der Waals surface area contributed by atoms with Gasteiger partial charge in [-0.15, -0.1) is 0 Å². The Morgan fingerprint density at radius 1 is 0.944 bits per heavy atom. The number of hydrogen-bond donors (Lipinski definition) is 2. The SMILES string of the molecule is CC1(C)CC(=O)CC(C)(C)N1.O=C1CCCCN1. The first-order chi connectivity index (χ1) is 8.20. The van der Waals surface area contributed by atoms with Crippen LogP contribution in [0.15, 0.2) is 0 Å². The van der Waals surface area contributed by atoms with Crippen molar-refractivity contribution in [1.82, 2.24) is 10.6 Å². The van der Waals surface area contributed by atoms with E-state index >= 15 is 0 Å². The van der Waals surface area contributed by atoms with Crippen LogP contribution in [0.5, 0.6) is 0 Å². The predicted molar refractivity (Wildman–Crippen MR) is 72.4 cm³/mol. The topological polar surface area (TPSA) is 58.2 Å². The van der Waals surface area contributed by atoms with Crippen LogP contribution in [0.25, 0.3) is 0 Å². The molecule has 0 radical (unpaired) electrons. The van der Waals surface area contributed by atoms with E-state index < -0.39 is 0 Å². The van der Waals surface area contributed by atoms with E-state index in [1.165, 1.54) is 0 Å². The summed E-state index contributed by atoms with van der Waals surface area (Å²) in [6.45, 7) is 9.19. The Kier molecular flexibility index (Phi) is 4.91. The molecule has 4 heteroatoms. The first-order valence-corrected chi connectivity index (χ1v) is 6.78. The summed E-state index contributed by atoms with van der Waals surface area (Å²) in [5, 5.41) is 6.18. The van der Waals surface area contributed by atoms with E-state index in [1.807, 2.05) is 0 Å². The van der Waals surface area contributed by atoms with Crippen LogP contribution in [0.4, 0.5) is 0 Å². The van der Waals surface area contributed by atoms with Crippen molar-refractivity contribution in [1.29, 1.82) is 0 Å². The molecule has 0 unspecified atom stereocenters. The lowest BCUT2D eigenvalue weighted by Crippen LogP contribution is -2.58. The molecule has 2 aliphatic heterocycles. The van der Waals surface area contributed by atoms with Crippen molar-refractivity contribution in [3.8, 4) is 0 Å². The third-order valence-electron chi connectivity index (χ3n) is 3.11. The van der Waals surface area contributed by atoms with E-state index in [9.17, 15) is 9.59 Å². The maximum Gasteiger partial charge on any atom is 0.219 e. The molecule has 2 rings (SSSR count). The minimum absolute atomic E-state index is 0.0150. The van der Waals surface area contributed by atoms with E-state index in [-0.39, 0.29) is 17.0 Å². The van der Waals surface area contributed by atoms with Crippen LogP contribution < -0.4 is 10.6 Å². The Labute approximate surface area is 110 Å². The lowest BCUT2D eigenvalue weighted by atomic mass is 9.82. The lowest BCUT2D eigenvalue weighted by Gasteiger charge is -2.41. The number of Topliss-reactive ketones (excluding diaryl/α,β-unsaturated/α-hetero) is 1. The van der Waals surface area contributed by atoms with Crippen molar-refractivity contribution < 1.29 is 9.59 Å². The van der Waals surface area contributed by atoms with E-state index in [1.54, 1.807) is 0 Å². The smallest absolute Gasteiger partial charge is 0.219 e. The quantitative estimate of drug-likeness (QED) is 0.693. The Balaban J connectivity index is 0.000000199. The summed E-state index contributed by atoms with van der Waals surface area (Å²) in [6.07, 6.45) is 4.30. The molecule has 0 bridgehead atoms. The summed E-state index contributed by atoms with van der Waals surface area (Å²) in [6, 6.07) is 0. The maximum absolute atomic E-state index is 11.3. The molecule has 18 heavy (non-hydrogen) atoms. The summed E-state index contributed by atoms with van der Waals surface area (Å²) in [5.41, 5.74) is -0.0301. The van der Waals surface area contributed by atoms with Crippen LogP contribution in [0.1, 0.15) is 59.8 Å². The molecular weight excluding hydrogens is 228 g/mol. The molecule has 2 aliphatic rings. The van der Waals surface area contributed by atoms with Gasteiger partial charge >= 0.3 is 0 Å². The van der Waals surface area contributed by atoms with Crippen molar-refractivity contribution in [2.45, 2.75) is 70.9 Å². The van der Waals surface area contributed by atoms with Gasteiger partial charge in [0.15, 0.2) is 0 Å². The molecular formula is C14H26N2O2. The van der Waals surface area contributed by atoms with Gasteiger partial charge < -0.3 is 10.6 Å². The van der Waals surface area contributed by atoms with E-state index in [0.29, 0.717) is 18.6 Å². The second kappa shape index (κ2) is 5.83. The van der Waals surface area contributed by atoms with Crippen LogP contribution >= 0.6 is 0 Å². The number of amides is 1. The van der Waals surface area contributed by atoms with Gasteiger partial charge in [-0.1, -0.05) is 0 Å².